The number of halogens is 1. The molecule has 1 heterocycles. The van der Waals surface area contributed by atoms with Gasteiger partial charge >= 0.3 is 0 Å². The van der Waals surface area contributed by atoms with Crippen molar-refractivity contribution < 1.29 is 26.7 Å². The van der Waals surface area contributed by atoms with Gasteiger partial charge in [0.25, 0.3) is 11.6 Å². The number of carbonyl (C=O) groups is 1. The van der Waals surface area contributed by atoms with Crippen LogP contribution in [0.15, 0.2) is 48.8 Å². The number of nitro groups is 1. The van der Waals surface area contributed by atoms with E-state index in [4.69, 9.17) is 0 Å². The third kappa shape index (κ3) is 4.85. The van der Waals surface area contributed by atoms with Crippen LogP contribution in [0, 0.1) is 17.0 Å². The van der Waals surface area contributed by atoms with E-state index < -0.39 is 4.92 Å². The van der Waals surface area contributed by atoms with Crippen LogP contribution in [0.4, 0.5) is 11.4 Å². The minimum absolute atomic E-state index is 0. The monoisotopic (exact) mass is 307 g/mol. The van der Waals surface area contributed by atoms with Crippen LogP contribution < -0.4 is 22.3 Å². The van der Waals surface area contributed by atoms with Gasteiger partial charge in [-0.1, -0.05) is 0 Å². The van der Waals surface area contributed by atoms with Gasteiger partial charge in [-0.2, -0.15) is 4.57 Å². The molecule has 0 spiro atoms. The summed E-state index contributed by atoms with van der Waals surface area (Å²) in [6.45, 7) is 2.14. The van der Waals surface area contributed by atoms with Crippen molar-refractivity contribution in [3.63, 3.8) is 0 Å². The molecule has 0 saturated heterocycles. The number of nitro benzene ring substituents is 1. The highest BCUT2D eigenvalue weighted by Gasteiger charge is 2.10. The van der Waals surface area contributed by atoms with Gasteiger partial charge in [0.1, 0.15) is 0 Å². The third-order valence-electron chi connectivity index (χ3n) is 2.69. The molecule has 2 aromatic rings. The molecule has 6 nitrogen and oxygen atoms in total. The Hall–Kier alpha value is -2.47. The third-order valence-corrected chi connectivity index (χ3v) is 2.69. The summed E-state index contributed by atoms with van der Waals surface area (Å²) < 4.78 is 1.77. The molecule has 1 amide bonds. The highest BCUT2D eigenvalue weighted by atomic mass is 35.5. The van der Waals surface area contributed by atoms with E-state index in [1.165, 1.54) is 24.3 Å². The topological polar surface area (TPSA) is 76.1 Å². The van der Waals surface area contributed by atoms with Crippen molar-refractivity contribution in [1.82, 2.24) is 0 Å². The smallest absolute Gasteiger partial charge is 0.290 e. The maximum Gasteiger partial charge on any atom is 0.290 e. The zero-order chi connectivity index (χ0) is 14.5. The lowest BCUT2D eigenvalue weighted by molar-refractivity contribution is -0.684. The molecule has 0 unspecified atom stereocenters. The fourth-order valence-electron chi connectivity index (χ4n) is 1.78. The van der Waals surface area contributed by atoms with Crippen LogP contribution in [0.2, 0.25) is 0 Å². The number of nitrogens with one attached hydrogen (secondary N) is 1. The molecule has 1 aromatic heterocycles. The van der Waals surface area contributed by atoms with Gasteiger partial charge in [-0.15, -0.1) is 0 Å². The lowest BCUT2D eigenvalue weighted by Crippen LogP contribution is -3.00. The van der Waals surface area contributed by atoms with Gasteiger partial charge in [0.15, 0.2) is 12.4 Å². The second kappa shape index (κ2) is 7.35. The molecule has 0 fully saturated rings. The highest BCUT2D eigenvalue weighted by Crippen LogP contribution is 2.15. The van der Waals surface area contributed by atoms with Gasteiger partial charge in [0.05, 0.1) is 4.92 Å². The number of non-ortho nitro benzene ring substituents is 1. The van der Waals surface area contributed by atoms with E-state index in [-0.39, 0.29) is 30.5 Å². The number of pyridine rings is 1. The van der Waals surface area contributed by atoms with Crippen molar-refractivity contribution in [2.45, 2.75) is 13.5 Å². The van der Waals surface area contributed by atoms with Crippen LogP contribution in [-0.2, 0) is 11.3 Å². The summed E-state index contributed by atoms with van der Waals surface area (Å²) in [4.78, 5) is 21.9. The standard InChI is InChI=1S/C14H13N3O3.ClH/c1-11-3-2-8-16(9-11)10-14(18)15-12-4-6-13(7-5-12)17(19)20;/h2-9H,10H2,1H3;1H. The zero-order valence-corrected chi connectivity index (χ0v) is 12.1. The summed E-state index contributed by atoms with van der Waals surface area (Å²) in [6, 6.07) is 9.55. The van der Waals surface area contributed by atoms with E-state index in [1.807, 2.05) is 31.5 Å². The van der Waals surface area contributed by atoms with Gasteiger partial charge in [-0.3, -0.25) is 14.9 Å². The van der Waals surface area contributed by atoms with Crippen molar-refractivity contribution in [1.29, 1.82) is 0 Å². The molecule has 0 atom stereocenters. The van der Waals surface area contributed by atoms with E-state index in [2.05, 4.69) is 5.32 Å². The Kier molecular flexibility index (Phi) is 5.80. The number of anilines is 1. The minimum Gasteiger partial charge on any atom is -1.00 e. The number of aromatic nitrogens is 1. The molecule has 2 rings (SSSR count). The molecule has 0 radical (unpaired) electrons. The lowest BCUT2D eigenvalue weighted by atomic mass is 10.3. The van der Waals surface area contributed by atoms with Gasteiger partial charge in [0, 0.05) is 29.4 Å². The Labute approximate surface area is 128 Å². The zero-order valence-electron chi connectivity index (χ0n) is 11.3. The van der Waals surface area contributed by atoms with Crippen molar-refractivity contribution in [3.05, 3.63) is 64.5 Å². The summed E-state index contributed by atoms with van der Waals surface area (Å²) in [5, 5.41) is 13.2. The van der Waals surface area contributed by atoms with Crippen LogP contribution in [-0.4, -0.2) is 10.8 Å². The second-order valence-corrected chi connectivity index (χ2v) is 4.41. The first kappa shape index (κ1) is 16.6. The molecule has 1 aromatic carbocycles. The van der Waals surface area contributed by atoms with Gasteiger partial charge < -0.3 is 17.7 Å². The summed E-state index contributed by atoms with van der Waals surface area (Å²) in [7, 11) is 0. The maximum atomic E-state index is 11.8. The Balaban J connectivity index is 0.00000220. The van der Waals surface area contributed by atoms with Gasteiger partial charge in [-0.05, 0) is 25.1 Å². The van der Waals surface area contributed by atoms with E-state index >= 15 is 0 Å². The fourth-order valence-corrected chi connectivity index (χ4v) is 1.78. The molecule has 0 aliphatic rings. The van der Waals surface area contributed by atoms with Crippen LogP contribution >= 0.6 is 0 Å². The molecule has 0 saturated carbocycles. The molecule has 0 aliphatic carbocycles. The average Bonchev–Trinajstić information content (AvgIpc) is 2.39. The van der Waals surface area contributed by atoms with Crippen LogP contribution in [0.5, 0.6) is 0 Å². The van der Waals surface area contributed by atoms with Crippen LogP contribution in [0.25, 0.3) is 0 Å². The van der Waals surface area contributed by atoms with Crippen molar-refractivity contribution in [2.75, 3.05) is 5.32 Å². The molecule has 0 aliphatic heterocycles. The number of benzene rings is 1. The lowest BCUT2D eigenvalue weighted by Gasteiger charge is -2.03. The highest BCUT2D eigenvalue weighted by molar-refractivity contribution is 5.89. The first-order valence-electron chi connectivity index (χ1n) is 6.04. The fraction of sp³-hybridized carbons (Fsp3) is 0.143. The summed E-state index contributed by atoms with van der Waals surface area (Å²) in [5.74, 6) is -0.186. The van der Waals surface area contributed by atoms with Gasteiger partial charge in [-0.25, -0.2) is 0 Å². The molecular weight excluding hydrogens is 294 g/mol. The van der Waals surface area contributed by atoms with Crippen molar-refractivity contribution in [2.24, 2.45) is 0 Å². The number of aryl methyl sites for hydroxylation is 1. The summed E-state index contributed by atoms with van der Waals surface area (Å²) in [6.07, 6.45) is 3.68. The maximum absolute atomic E-state index is 11.8. The first-order valence-corrected chi connectivity index (χ1v) is 6.04. The summed E-state index contributed by atoms with van der Waals surface area (Å²) in [5.41, 5.74) is 1.60. The number of amides is 1. The number of hydrogen-bond donors (Lipinski definition) is 1. The Morgan fingerprint density at radius 1 is 1.29 bits per heavy atom. The van der Waals surface area contributed by atoms with E-state index in [9.17, 15) is 14.9 Å². The van der Waals surface area contributed by atoms with E-state index in [1.54, 1.807) is 4.57 Å². The predicted molar refractivity (Wildman–Crippen MR) is 73.1 cm³/mol. The number of nitrogens with zero attached hydrogens (tertiary/aromatic N) is 2. The van der Waals surface area contributed by atoms with E-state index in [0.29, 0.717) is 5.69 Å². The predicted octanol–water partition coefficient (Wildman–Crippen LogP) is -1.17. The van der Waals surface area contributed by atoms with E-state index in [0.717, 1.165) is 5.56 Å². The molecule has 1 N–H and O–H groups in total. The average molecular weight is 308 g/mol. The Morgan fingerprint density at radius 2 is 1.95 bits per heavy atom. The van der Waals surface area contributed by atoms with Gasteiger partial charge in [0.2, 0.25) is 6.54 Å². The molecule has 21 heavy (non-hydrogen) atoms. The van der Waals surface area contributed by atoms with Crippen LogP contribution in [0.1, 0.15) is 5.56 Å². The molecule has 110 valence electrons. The minimum atomic E-state index is -0.478. The second-order valence-electron chi connectivity index (χ2n) is 4.41. The van der Waals surface area contributed by atoms with Crippen LogP contribution in [0.3, 0.4) is 0 Å². The summed E-state index contributed by atoms with van der Waals surface area (Å²) >= 11 is 0. The van der Waals surface area contributed by atoms with Crippen molar-refractivity contribution in [3.8, 4) is 0 Å². The number of carbonyl (C=O) groups excluding carboxylic acids is 1. The quantitative estimate of drug-likeness (QED) is 0.439. The Morgan fingerprint density at radius 3 is 2.52 bits per heavy atom. The first-order chi connectivity index (χ1) is 9.54. The largest absolute Gasteiger partial charge is 1.00 e. The normalized spacial score (nSPS) is 9.57. The SMILES string of the molecule is Cc1ccc[n+](CC(=O)Nc2ccc([N+](=O)[O-])cc2)c1.[Cl-]. The molecule has 7 heteroatoms. The molecule has 0 bridgehead atoms. The molecular formula is C14H14ClN3O3. The number of hydrogen-bond acceptors (Lipinski definition) is 3. The Bertz CT molecular complexity index is 644. The van der Waals surface area contributed by atoms with Crippen molar-refractivity contribution >= 4 is 17.3 Å². The number of rotatable bonds is 4.